The molecule has 1 N–H and O–H groups in total. The molecule has 2 aromatic rings. The molecule has 0 amide bonds. The fourth-order valence-corrected chi connectivity index (χ4v) is 2.56. The zero-order valence-corrected chi connectivity index (χ0v) is 10.6. The number of benzene rings is 1. The molecule has 0 aliphatic heterocycles. The predicted octanol–water partition coefficient (Wildman–Crippen LogP) is 2.00. The average Bonchev–Trinajstić information content (AvgIpc) is 3.23. The largest absolute Gasteiger partial charge is 0.315 e. The molecule has 0 radical (unpaired) electrons. The Morgan fingerprint density at radius 1 is 1.33 bits per heavy atom. The third-order valence-electron chi connectivity index (χ3n) is 3.84. The zero-order valence-electron chi connectivity index (χ0n) is 10.6. The van der Waals surface area contributed by atoms with Gasteiger partial charge >= 0.3 is 0 Å². The molecular formula is C15H18N2O. The van der Waals surface area contributed by atoms with Gasteiger partial charge in [0, 0.05) is 24.2 Å². The lowest BCUT2D eigenvalue weighted by atomic mass is 10.1. The maximum atomic E-state index is 12.4. The van der Waals surface area contributed by atoms with Crippen molar-refractivity contribution in [3.63, 3.8) is 0 Å². The number of fused-ring (bicyclic) bond motifs is 1. The van der Waals surface area contributed by atoms with E-state index < -0.39 is 0 Å². The van der Waals surface area contributed by atoms with E-state index >= 15 is 0 Å². The molecule has 3 rings (SSSR count). The second-order valence-corrected chi connectivity index (χ2v) is 5.09. The molecule has 1 aromatic heterocycles. The molecule has 1 aromatic carbocycles. The monoisotopic (exact) mass is 242 g/mol. The van der Waals surface area contributed by atoms with E-state index in [-0.39, 0.29) is 5.56 Å². The maximum absolute atomic E-state index is 12.4. The van der Waals surface area contributed by atoms with Crippen molar-refractivity contribution in [1.82, 2.24) is 9.88 Å². The maximum Gasteiger partial charge on any atom is 0.258 e. The molecular weight excluding hydrogens is 224 g/mol. The summed E-state index contributed by atoms with van der Waals surface area (Å²) in [6.45, 7) is 0.769. The van der Waals surface area contributed by atoms with Crippen LogP contribution in [0.5, 0.6) is 0 Å². The highest BCUT2D eigenvalue weighted by molar-refractivity contribution is 5.81. The number of hydrogen-bond acceptors (Lipinski definition) is 2. The van der Waals surface area contributed by atoms with Gasteiger partial charge in [0.15, 0.2) is 0 Å². The fourth-order valence-electron chi connectivity index (χ4n) is 2.56. The van der Waals surface area contributed by atoms with Crippen molar-refractivity contribution in [2.24, 2.45) is 5.92 Å². The molecule has 3 nitrogen and oxygen atoms in total. The van der Waals surface area contributed by atoms with Crippen LogP contribution in [0.1, 0.15) is 12.8 Å². The highest BCUT2D eigenvalue weighted by atomic mass is 16.1. The van der Waals surface area contributed by atoms with Crippen LogP contribution in [-0.4, -0.2) is 17.7 Å². The molecule has 1 aliphatic rings. The summed E-state index contributed by atoms with van der Waals surface area (Å²) >= 11 is 0. The number of hydrogen-bond donors (Lipinski definition) is 1. The van der Waals surface area contributed by atoms with Crippen molar-refractivity contribution in [1.29, 1.82) is 0 Å². The van der Waals surface area contributed by atoms with Crippen LogP contribution in [0.15, 0.2) is 41.3 Å². The minimum atomic E-state index is 0.119. The average molecular weight is 242 g/mol. The lowest BCUT2D eigenvalue weighted by Gasteiger charge is -2.17. The fraction of sp³-hybridized carbons (Fsp3) is 0.400. The first-order valence-electron chi connectivity index (χ1n) is 6.55. The molecule has 1 heterocycles. The minimum Gasteiger partial charge on any atom is -0.315 e. The Morgan fingerprint density at radius 2 is 2.11 bits per heavy atom. The van der Waals surface area contributed by atoms with E-state index in [9.17, 15) is 4.79 Å². The van der Waals surface area contributed by atoms with E-state index in [1.54, 1.807) is 0 Å². The van der Waals surface area contributed by atoms with Gasteiger partial charge in [-0.3, -0.25) is 4.79 Å². The van der Waals surface area contributed by atoms with Crippen LogP contribution in [0.4, 0.5) is 0 Å². The van der Waals surface area contributed by atoms with Crippen molar-refractivity contribution in [2.75, 3.05) is 7.05 Å². The van der Waals surface area contributed by atoms with E-state index in [2.05, 4.69) is 5.32 Å². The van der Waals surface area contributed by atoms with Crippen LogP contribution in [0.25, 0.3) is 10.8 Å². The molecule has 0 saturated heterocycles. The molecule has 0 spiro atoms. The van der Waals surface area contributed by atoms with Crippen molar-refractivity contribution < 1.29 is 0 Å². The van der Waals surface area contributed by atoms with Gasteiger partial charge < -0.3 is 9.88 Å². The van der Waals surface area contributed by atoms with E-state index in [0.717, 1.165) is 23.2 Å². The topological polar surface area (TPSA) is 34.0 Å². The summed E-state index contributed by atoms with van der Waals surface area (Å²) in [6.07, 6.45) is 4.49. The Kier molecular flexibility index (Phi) is 2.92. The number of nitrogens with one attached hydrogen (secondary N) is 1. The third-order valence-corrected chi connectivity index (χ3v) is 3.84. The Bertz CT molecular complexity index is 613. The van der Waals surface area contributed by atoms with E-state index in [4.69, 9.17) is 0 Å². The highest BCUT2D eigenvalue weighted by Crippen LogP contribution is 2.33. The van der Waals surface area contributed by atoms with E-state index in [1.807, 2.05) is 48.1 Å². The number of rotatable bonds is 4. The van der Waals surface area contributed by atoms with Gasteiger partial charge in [-0.1, -0.05) is 18.2 Å². The number of aromatic nitrogens is 1. The molecule has 1 atom stereocenters. The van der Waals surface area contributed by atoms with Crippen molar-refractivity contribution in [3.8, 4) is 0 Å². The molecule has 3 heteroatoms. The number of pyridine rings is 1. The molecule has 94 valence electrons. The Balaban J connectivity index is 1.96. The summed E-state index contributed by atoms with van der Waals surface area (Å²) in [7, 11) is 1.98. The van der Waals surface area contributed by atoms with Crippen LogP contribution in [0, 0.1) is 5.92 Å². The zero-order chi connectivity index (χ0) is 12.5. The third kappa shape index (κ3) is 2.06. The van der Waals surface area contributed by atoms with Gasteiger partial charge in [0.25, 0.3) is 5.56 Å². The quantitative estimate of drug-likeness (QED) is 0.889. The summed E-state index contributed by atoms with van der Waals surface area (Å²) in [5, 5.41) is 5.16. The van der Waals surface area contributed by atoms with E-state index in [0.29, 0.717) is 6.04 Å². The predicted molar refractivity (Wildman–Crippen MR) is 73.8 cm³/mol. The van der Waals surface area contributed by atoms with Gasteiger partial charge in [0.05, 0.1) is 0 Å². The van der Waals surface area contributed by atoms with Gasteiger partial charge in [0.2, 0.25) is 0 Å². The SMILES string of the molecule is CNC(Cn1ccc2ccccc2c1=O)C1CC1. The minimum absolute atomic E-state index is 0.119. The second kappa shape index (κ2) is 4.58. The van der Waals surface area contributed by atoms with Crippen LogP contribution in [0.3, 0.4) is 0 Å². The summed E-state index contributed by atoms with van der Waals surface area (Å²) < 4.78 is 1.84. The van der Waals surface area contributed by atoms with E-state index in [1.165, 1.54) is 12.8 Å². The van der Waals surface area contributed by atoms with Gasteiger partial charge in [-0.15, -0.1) is 0 Å². The first-order valence-corrected chi connectivity index (χ1v) is 6.55. The first kappa shape index (κ1) is 11.5. The molecule has 0 bridgehead atoms. The van der Waals surface area contributed by atoms with Crippen LogP contribution in [0.2, 0.25) is 0 Å². The van der Waals surface area contributed by atoms with Crippen LogP contribution < -0.4 is 10.9 Å². The normalized spacial score (nSPS) is 16.9. The molecule has 18 heavy (non-hydrogen) atoms. The van der Waals surface area contributed by atoms with Crippen molar-refractivity contribution >= 4 is 10.8 Å². The van der Waals surface area contributed by atoms with Gasteiger partial charge in [-0.05, 0) is 43.3 Å². The van der Waals surface area contributed by atoms with Gasteiger partial charge in [-0.2, -0.15) is 0 Å². The standard InChI is InChI=1S/C15H18N2O/c1-16-14(12-6-7-12)10-17-9-8-11-4-2-3-5-13(11)15(17)18/h2-5,8-9,12,14,16H,6-7,10H2,1H3. The highest BCUT2D eigenvalue weighted by Gasteiger charge is 2.30. The number of nitrogens with zero attached hydrogens (tertiary/aromatic N) is 1. The molecule has 1 unspecified atom stereocenters. The lowest BCUT2D eigenvalue weighted by Crippen LogP contribution is -2.35. The van der Waals surface area contributed by atoms with Gasteiger partial charge in [0.1, 0.15) is 0 Å². The summed E-state index contributed by atoms with van der Waals surface area (Å²) in [5.41, 5.74) is 0.119. The van der Waals surface area contributed by atoms with Crippen molar-refractivity contribution in [3.05, 3.63) is 46.9 Å². The van der Waals surface area contributed by atoms with Crippen LogP contribution >= 0.6 is 0 Å². The first-order chi connectivity index (χ1) is 8.79. The summed E-state index contributed by atoms with van der Waals surface area (Å²) in [5.74, 6) is 0.744. The second-order valence-electron chi connectivity index (χ2n) is 5.09. The van der Waals surface area contributed by atoms with Gasteiger partial charge in [-0.25, -0.2) is 0 Å². The van der Waals surface area contributed by atoms with Crippen LogP contribution in [-0.2, 0) is 6.54 Å². The molecule has 1 aliphatic carbocycles. The smallest absolute Gasteiger partial charge is 0.258 e. The molecule has 1 saturated carbocycles. The summed E-state index contributed by atoms with van der Waals surface area (Å²) in [6, 6.07) is 10.2. The Hall–Kier alpha value is -1.61. The number of likely N-dealkylation sites (N-methyl/N-ethyl adjacent to an activating group) is 1. The molecule has 1 fully saturated rings. The Morgan fingerprint density at radius 3 is 2.83 bits per heavy atom. The Labute approximate surface area is 106 Å². The summed E-state index contributed by atoms with van der Waals surface area (Å²) in [4.78, 5) is 12.4. The van der Waals surface area contributed by atoms with Crippen molar-refractivity contribution in [2.45, 2.75) is 25.4 Å². The lowest BCUT2D eigenvalue weighted by molar-refractivity contribution is 0.431.